The fraction of sp³-hybridized carbons (Fsp3) is 0.455. The van der Waals surface area contributed by atoms with Gasteiger partial charge in [0.25, 0.3) is 0 Å². The van der Waals surface area contributed by atoms with E-state index >= 15 is 0 Å². The number of ether oxygens (including phenoxy) is 1. The van der Waals surface area contributed by atoms with Gasteiger partial charge in [-0.15, -0.1) is 0 Å². The Labute approximate surface area is 87.7 Å². The van der Waals surface area contributed by atoms with E-state index in [9.17, 15) is 4.21 Å². The Morgan fingerprint density at radius 2 is 1.93 bits per heavy atom. The molecule has 14 heavy (non-hydrogen) atoms. The van der Waals surface area contributed by atoms with E-state index in [1.165, 1.54) is 5.56 Å². The van der Waals surface area contributed by atoms with Crippen LogP contribution in [0.5, 0.6) is 0 Å². The summed E-state index contributed by atoms with van der Waals surface area (Å²) in [6.07, 6.45) is 1.02. The standard InChI is InChI=1S/C11H16O2S/c1-3-10-4-6-11(7-5-10)14(12)9-8-13-2/h4-7H,3,8-9H2,1-2H3. The van der Waals surface area contributed by atoms with Crippen LogP contribution in [0.15, 0.2) is 29.2 Å². The van der Waals surface area contributed by atoms with E-state index in [0.717, 1.165) is 11.3 Å². The average Bonchev–Trinajstić information content (AvgIpc) is 2.26. The molecule has 0 saturated heterocycles. The van der Waals surface area contributed by atoms with Gasteiger partial charge in [0, 0.05) is 12.0 Å². The molecule has 2 nitrogen and oxygen atoms in total. The number of hydrogen-bond donors (Lipinski definition) is 0. The molecule has 0 aliphatic carbocycles. The lowest BCUT2D eigenvalue weighted by Gasteiger charge is -2.02. The molecule has 3 heteroatoms. The highest BCUT2D eigenvalue weighted by Gasteiger charge is 2.02. The molecule has 0 amide bonds. The van der Waals surface area contributed by atoms with Crippen LogP contribution < -0.4 is 0 Å². The van der Waals surface area contributed by atoms with E-state index < -0.39 is 10.8 Å². The van der Waals surface area contributed by atoms with Gasteiger partial charge >= 0.3 is 0 Å². The summed E-state index contributed by atoms with van der Waals surface area (Å²) >= 11 is 0. The third-order valence-electron chi connectivity index (χ3n) is 2.07. The summed E-state index contributed by atoms with van der Waals surface area (Å²) in [5, 5.41) is 0. The van der Waals surface area contributed by atoms with Gasteiger partial charge in [-0.2, -0.15) is 0 Å². The highest BCUT2D eigenvalue weighted by atomic mass is 32.2. The van der Waals surface area contributed by atoms with E-state index in [1.54, 1.807) is 7.11 Å². The zero-order chi connectivity index (χ0) is 10.4. The fourth-order valence-corrected chi connectivity index (χ4v) is 2.15. The van der Waals surface area contributed by atoms with Crippen molar-refractivity contribution in [2.24, 2.45) is 0 Å². The van der Waals surface area contributed by atoms with Crippen LogP contribution in [0.3, 0.4) is 0 Å². The lowest BCUT2D eigenvalue weighted by Crippen LogP contribution is -2.04. The van der Waals surface area contributed by atoms with E-state index in [2.05, 4.69) is 6.92 Å². The van der Waals surface area contributed by atoms with Crippen LogP contribution in [0.1, 0.15) is 12.5 Å². The van der Waals surface area contributed by atoms with Crippen LogP contribution in [0, 0.1) is 0 Å². The smallest absolute Gasteiger partial charge is 0.0581 e. The summed E-state index contributed by atoms with van der Waals surface area (Å²) in [6, 6.07) is 7.93. The van der Waals surface area contributed by atoms with Crippen molar-refractivity contribution in [3.8, 4) is 0 Å². The molecule has 0 radical (unpaired) electrons. The zero-order valence-electron chi connectivity index (χ0n) is 8.66. The normalized spacial score (nSPS) is 12.7. The van der Waals surface area contributed by atoms with E-state index in [1.807, 2.05) is 24.3 Å². The van der Waals surface area contributed by atoms with E-state index in [4.69, 9.17) is 4.74 Å². The SMILES string of the molecule is CCc1ccc(S(=O)CCOC)cc1. The zero-order valence-corrected chi connectivity index (χ0v) is 9.47. The number of methoxy groups -OCH3 is 1. The molecular formula is C11H16O2S. The molecule has 0 saturated carbocycles. The molecular weight excluding hydrogens is 196 g/mol. The molecule has 0 aliphatic rings. The molecule has 0 heterocycles. The van der Waals surface area contributed by atoms with Crippen molar-refractivity contribution in [3.05, 3.63) is 29.8 Å². The fourth-order valence-electron chi connectivity index (χ4n) is 1.15. The lowest BCUT2D eigenvalue weighted by atomic mass is 10.2. The second-order valence-electron chi connectivity index (χ2n) is 3.04. The van der Waals surface area contributed by atoms with Gasteiger partial charge in [0.05, 0.1) is 23.2 Å². The molecule has 1 aromatic rings. The van der Waals surface area contributed by atoms with Gasteiger partial charge in [0.15, 0.2) is 0 Å². The first-order chi connectivity index (χ1) is 6.77. The molecule has 0 spiro atoms. The van der Waals surface area contributed by atoms with Gasteiger partial charge in [-0.3, -0.25) is 4.21 Å². The van der Waals surface area contributed by atoms with Crippen molar-refractivity contribution in [2.45, 2.75) is 18.2 Å². The second kappa shape index (κ2) is 5.94. The monoisotopic (exact) mass is 212 g/mol. The third kappa shape index (κ3) is 3.24. The largest absolute Gasteiger partial charge is 0.384 e. The first kappa shape index (κ1) is 11.4. The van der Waals surface area contributed by atoms with Crippen LogP contribution in [-0.2, 0) is 22.0 Å². The number of hydrogen-bond acceptors (Lipinski definition) is 2. The van der Waals surface area contributed by atoms with Crippen molar-refractivity contribution >= 4 is 10.8 Å². The predicted octanol–water partition coefficient (Wildman–Crippen LogP) is 2.00. The third-order valence-corrected chi connectivity index (χ3v) is 3.40. The molecule has 1 aromatic carbocycles. The molecule has 0 N–H and O–H groups in total. The van der Waals surface area contributed by atoms with Crippen molar-refractivity contribution in [1.82, 2.24) is 0 Å². The Morgan fingerprint density at radius 3 is 2.43 bits per heavy atom. The van der Waals surface area contributed by atoms with Gasteiger partial charge in [0.2, 0.25) is 0 Å². The van der Waals surface area contributed by atoms with Crippen LogP contribution in [0.4, 0.5) is 0 Å². The molecule has 1 atom stereocenters. The van der Waals surface area contributed by atoms with Crippen molar-refractivity contribution in [3.63, 3.8) is 0 Å². The van der Waals surface area contributed by atoms with Crippen LogP contribution in [0.25, 0.3) is 0 Å². The molecule has 0 aliphatic heterocycles. The summed E-state index contributed by atoms with van der Waals surface area (Å²) in [7, 11) is 0.704. The summed E-state index contributed by atoms with van der Waals surface area (Å²) in [6.45, 7) is 2.65. The molecule has 1 rings (SSSR count). The van der Waals surface area contributed by atoms with Gasteiger partial charge in [-0.25, -0.2) is 0 Å². The number of rotatable bonds is 5. The highest BCUT2D eigenvalue weighted by molar-refractivity contribution is 7.85. The maximum Gasteiger partial charge on any atom is 0.0581 e. The number of aryl methyl sites for hydroxylation is 1. The maximum absolute atomic E-state index is 11.6. The van der Waals surface area contributed by atoms with Crippen molar-refractivity contribution < 1.29 is 8.95 Å². The lowest BCUT2D eigenvalue weighted by molar-refractivity contribution is 0.218. The van der Waals surface area contributed by atoms with Crippen LogP contribution in [-0.4, -0.2) is 23.7 Å². The van der Waals surface area contributed by atoms with Gasteiger partial charge in [-0.1, -0.05) is 19.1 Å². The number of benzene rings is 1. The average molecular weight is 212 g/mol. The second-order valence-corrected chi connectivity index (χ2v) is 4.61. The van der Waals surface area contributed by atoms with Crippen LogP contribution >= 0.6 is 0 Å². The topological polar surface area (TPSA) is 26.3 Å². The Hall–Kier alpha value is -0.670. The summed E-state index contributed by atoms with van der Waals surface area (Å²) < 4.78 is 16.5. The van der Waals surface area contributed by atoms with Crippen molar-refractivity contribution in [1.29, 1.82) is 0 Å². The van der Waals surface area contributed by atoms with Crippen LogP contribution in [0.2, 0.25) is 0 Å². The Kier molecular flexibility index (Phi) is 4.84. The van der Waals surface area contributed by atoms with Gasteiger partial charge in [0.1, 0.15) is 0 Å². The summed E-state index contributed by atoms with van der Waals surface area (Å²) in [4.78, 5) is 0.888. The molecule has 78 valence electrons. The van der Waals surface area contributed by atoms with Gasteiger partial charge in [-0.05, 0) is 24.1 Å². The molecule has 1 unspecified atom stereocenters. The van der Waals surface area contributed by atoms with Gasteiger partial charge < -0.3 is 4.74 Å². The Balaban J connectivity index is 2.62. The predicted molar refractivity (Wildman–Crippen MR) is 59.0 cm³/mol. The minimum atomic E-state index is -0.919. The minimum Gasteiger partial charge on any atom is -0.384 e. The van der Waals surface area contributed by atoms with Crippen molar-refractivity contribution in [2.75, 3.05) is 19.5 Å². The molecule has 0 fully saturated rings. The first-order valence-electron chi connectivity index (χ1n) is 4.74. The Bertz CT molecular complexity index is 293. The molecule has 0 aromatic heterocycles. The first-order valence-corrected chi connectivity index (χ1v) is 6.06. The summed E-state index contributed by atoms with van der Waals surface area (Å²) in [5.74, 6) is 0.571. The summed E-state index contributed by atoms with van der Waals surface area (Å²) in [5.41, 5.74) is 1.28. The Morgan fingerprint density at radius 1 is 1.29 bits per heavy atom. The van der Waals surface area contributed by atoms with E-state index in [-0.39, 0.29) is 0 Å². The minimum absolute atomic E-state index is 0.544. The maximum atomic E-state index is 11.6. The quantitative estimate of drug-likeness (QED) is 0.746. The molecule has 0 bridgehead atoms. The highest BCUT2D eigenvalue weighted by Crippen LogP contribution is 2.09. The van der Waals surface area contributed by atoms with E-state index in [0.29, 0.717) is 12.4 Å².